The van der Waals surface area contributed by atoms with E-state index in [1.54, 1.807) is 41.8 Å². The summed E-state index contributed by atoms with van der Waals surface area (Å²) in [5.74, 6) is -0.212. The van der Waals surface area contributed by atoms with E-state index < -0.39 is 0 Å². The van der Waals surface area contributed by atoms with Crippen LogP contribution >= 0.6 is 22.7 Å². The molecule has 2 N–H and O–H groups in total. The van der Waals surface area contributed by atoms with E-state index in [1.807, 2.05) is 29.6 Å². The predicted molar refractivity (Wildman–Crippen MR) is 110 cm³/mol. The van der Waals surface area contributed by atoms with Gasteiger partial charge in [-0.25, -0.2) is 4.98 Å². The third kappa shape index (κ3) is 4.19. The van der Waals surface area contributed by atoms with Crippen LogP contribution in [0, 0.1) is 0 Å². The molecule has 4 rings (SSSR count). The topological polar surface area (TPSA) is 84.2 Å². The average Bonchev–Trinajstić information content (AvgIpc) is 3.49. The smallest absolute Gasteiger partial charge is 0.291 e. The Labute approximate surface area is 168 Å². The van der Waals surface area contributed by atoms with Crippen LogP contribution in [-0.2, 0) is 6.54 Å². The van der Waals surface area contributed by atoms with Gasteiger partial charge in [-0.1, -0.05) is 18.2 Å². The number of rotatable bonds is 6. The number of carbonyl (C=O) groups excluding carboxylic acids is 2. The molecule has 0 spiro atoms. The van der Waals surface area contributed by atoms with Crippen molar-refractivity contribution in [1.82, 2.24) is 10.3 Å². The van der Waals surface area contributed by atoms with Gasteiger partial charge in [0.25, 0.3) is 11.8 Å². The number of furan rings is 1. The normalized spacial score (nSPS) is 10.6. The molecule has 0 atom stereocenters. The highest BCUT2D eigenvalue weighted by atomic mass is 32.1. The van der Waals surface area contributed by atoms with Crippen molar-refractivity contribution in [2.24, 2.45) is 0 Å². The second kappa shape index (κ2) is 8.20. The first-order valence-electron chi connectivity index (χ1n) is 8.41. The fourth-order valence-corrected chi connectivity index (χ4v) is 4.11. The molecule has 0 fully saturated rings. The quantitative estimate of drug-likeness (QED) is 0.486. The van der Waals surface area contributed by atoms with E-state index >= 15 is 0 Å². The van der Waals surface area contributed by atoms with E-state index in [1.165, 1.54) is 17.6 Å². The molecule has 0 aliphatic carbocycles. The fourth-order valence-electron chi connectivity index (χ4n) is 2.47. The third-order valence-corrected chi connectivity index (χ3v) is 5.91. The lowest BCUT2D eigenvalue weighted by Gasteiger charge is -2.06. The zero-order chi connectivity index (χ0) is 19.3. The lowest BCUT2D eigenvalue weighted by molar-refractivity contribution is 0.0953. The van der Waals surface area contributed by atoms with Crippen LogP contribution in [-0.4, -0.2) is 16.8 Å². The van der Waals surface area contributed by atoms with E-state index in [4.69, 9.17) is 4.42 Å². The maximum absolute atomic E-state index is 12.3. The monoisotopic (exact) mass is 409 g/mol. The number of aromatic nitrogens is 1. The van der Waals surface area contributed by atoms with Gasteiger partial charge in [0.05, 0.1) is 17.3 Å². The molecule has 2 amide bonds. The van der Waals surface area contributed by atoms with Crippen molar-refractivity contribution in [2.75, 3.05) is 5.32 Å². The highest BCUT2D eigenvalue weighted by Gasteiger charge is 2.12. The Morgan fingerprint density at radius 2 is 1.89 bits per heavy atom. The zero-order valence-electron chi connectivity index (χ0n) is 14.5. The first kappa shape index (κ1) is 18.1. The number of thiophene rings is 1. The van der Waals surface area contributed by atoms with Gasteiger partial charge in [0.1, 0.15) is 9.88 Å². The average molecular weight is 409 g/mol. The molecule has 0 aliphatic rings. The first-order valence-corrected chi connectivity index (χ1v) is 10.1. The van der Waals surface area contributed by atoms with Crippen LogP contribution < -0.4 is 10.6 Å². The van der Waals surface area contributed by atoms with E-state index in [-0.39, 0.29) is 17.6 Å². The molecule has 0 aliphatic heterocycles. The van der Waals surface area contributed by atoms with Gasteiger partial charge in [-0.15, -0.1) is 22.7 Å². The predicted octanol–water partition coefficient (Wildman–Crippen LogP) is 4.65. The SMILES string of the molecule is O=C(Nc1ccc(CNC(=O)c2cnc(-c3cccs3)s2)cc1)c1ccco1. The van der Waals surface area contributed by atoms with Crippen LogP contribution in [0.15, 0.2) is 70.8 Å². The summed E-state index contributed by atoms with van der Waals surface area (Å²) in [5.41, 5.74) is 1.58. The first-order chi connectivity index (χ1) is 13.7. The van der Waals surface area contributed by atoms with Crippen molar-refractivity contribution in [3.8, 4) is 9.88 Å². The van der Waals surface area contributed by atoms with E-state index in [2.05, 4.69) is 15.6 Å². The number of nitrogens with zero attached hydrogens (tertiary/aromatic N) is 1. The molecule has 0 bridgehead atoms. The van der Waals surface area contributed by atoms with E-state index in [0.717, 1.165) is 15.4 Å². The highest BCUT2D eigenvalue weighted by molar-refractivity contribution is 7.21. The van der Waals surface area contributed by atoms with Crippen LogP contribution in [0.5, 0.6) is 0 Å². The maximum atomic E-state index is 12.3. The molecule has 4 aromatic rings. The number of carbonyl (C=O) groups is 2. The largest absolute Gasteiger partial charge is 0.459 e. The lowest BCUT2D eigenvalue weighted by Crippen LogP contribution is -2.21. The standard InChI is InChI=1S/C20H15N3O3S2/c24-18(15-3-1-9-26-15)23-14-7-5-13(6-8-14)11-21-19(25)17-12-22-20(28-17)16-4-2-10-27-16/h1-10,12H,11H2,(H,21,25)(H,23,24). The van der Waals surface area contributed by atoms with Crippen molar-refractivity contribution in [3.05, 3.63) is 82.6 Å². The van der Waals surface area contributed by atoms with Crippen molar-refractivity contribution in [3.63, 3.8) is 0 Å². The van der Waals surface area contributed by atoms with Gasteiger partial charge in [0.2, 0.25) is 0 Å². The van der Waals surface area contributed by atoms with E-state index in [0.29, 0.717) is 17.1 Å². The van der Waals surface area contributed by atoms with Crippen molar-refractivity contribution in [2.45, 2.75) is 6.54 Å². The second-order valence-electron chi connectivity index (χ2n) is 5.82. The summed E-state index contributed by atoms with van der Waals surface area (Å²) < 4.78 is 5.06. The third-order valence-electron chi connectivity index (χ3n) is 3.87. The molecule has 0 radical (unpaired) electrons. The minimum Gasteiger partial charge on any atom is -0.459 e. The van der Waals surface area contributed by atoms with Gasteiger partial charge >= 0.3 is 0 Å². The molecular weight excluding hydrogens is 394 g/mol. The number of nitrogens with one attached hydrogen (secondary N) is 2. The van der Waals surface area contributed by atoms with Crippen molar-refractivity contribution >= 4 is 40.2 Å². The number of anilines is 1. The Hall–Kier alpha value is -3.23. The zero-order valence-corrected chi connectivity index (χ0v) is 16.2. The molecule has 140 valence electrons. The molecule has 6 nitrogen and oxygen atoms in total. The number of amides is 2. The van der Waals surface area contributed by atoms with Crippen LogP contribution in [0.1, 0.15) is 25.8 Å². The van der Waals surface area contributed by atoms with Crippen LogP contribution in [0.25, 0.3) is 9.88 Å². The van der Waals surface area contributed by atoms with E-state index in [9.17, 15) is 9.59 Å². The molecule has 0 unspecified atom stereocenters. The minimum atomic E-state index is -0.308. The number of thiazole rings is 1. The lowest BCUT2D eigenvalue weighted by atomic mass is 10.2. The summed E-state index contributed by atoms with van der Waals surface area (Å²) in [4.78, 5) is 30.2. The summed E-state index contributed by atoms with van der Waals surface area (Å²) in [5, 5.41) is 8.47. The molecule has 0 saturated heterocycles. The Morgan fingerprint density at radius 1 is 1.04 bits per heavy atom. The summed E-state index contributed by atoms with van der Waals surface area (Å²) in [7, 11) is 0. The Balaban J connectivity index is 1.32. The number of hydrogen-bond donors (Lipinski definition) is 2. The van der Waals surface area contributed by atoms with Gasteiger partial charge in [-0.3, -0.25) is 9.59 Å². The number of hydrogen-bond acceptors (Lipinski definition) is 6. The van der Waals surface area contributed by atoms with Gasteiger partial charge in [-0.05, 0) is 41.3 Å². The van der Waals surface area contributed by atoms with Gasteiger partial charge in [0, 0.05) is 12.2 Å². The van der Waals surface area contributed by atoms with Crippen LogP contribution in [0.3, 0.4) is 0 Å². The Morgan fingerprint density at radius 3 is 2.61 bits per heavy atom. The second-order valence-corrected chi connectivity index (χ2v) is 7.80. The summed E-state index contributed by atoms with van der Waals surface area (Å²) in [6.07, 6.45) is 3.05. The highest BCUT2D eigenvalue weighted by Crippen LogP contribution is 2.28. The summed E-state index contributed by atoms with van der Waals surface area (Å²) >= 11 is 2.97. The molecule has 0 saturated carbocycles. The van der Waals surface area contributed by atoms with Gasteiger partial charge < -0.3 is 15.1 Å². The number of benzene rings is 1. The maximum Gasteiger partial charge on any atom is 0.291 e. The summed E-state index contributed by atoms with van der Waals surface area (Å²) in [6, 6.07) is 14.5. The fraction of sp³-hybridized carbons (Fsp3) is 0.0500. The van der Waals surface area contributed by atoms with Crippen LogP contribution in [0.2, 0.25) is 0 Å². The molecular formula is C20H15N3O3S2. The molecule has 3 aromatic heterocycles. The Bertz CT molecular complexity index is 1070. The molecule has 28 heavy (non-hydrogen) atoms. The Kier molecular flexibility index (Phi) is 5.31. The minimum absolute atomic E-state index is 0.157. The van der Waals surface area contributed by atoms with Crippen molar-refractivity contribution in [1.29, 1.82) is 0 Å². The van der Waals surface area contributed by atoms with Gasteiger partial charge in [-0.2, -0.15) is 0 Å². The van der Waals surface area contributed by atoms with Gasteiger partial charge in [0.15, 0.2) is 5.76 Å². The molecule has 3 heterocycles. The van der Waals surface area contributed by atoms with Crippen molar-refractivity contribution < 1.29 is 14.0 Å². The molecule has 1 aromatic carbocycles. The summed E-state index contributed by atoms with van der Waals surface area (Å²) in [6.45, 7) is 0.386. The molecule has 8 heteroatoms. The van der Waals surface area contributed by atoms with Crippen LogP contribution in [0.4, 0.5) is 5.69 Å².